The molecule has 122 valence electrons. The Balaban J connectivity index is 1.98. The van der Waals surface area contributed by atoms with Gasteiger partial charge >= 0.3 is 6.03 Å². The fourth-order valence-electron chi connectivity index (χ4n) is 2.45. The minimum absolute atomic E-state index is 0.118. The Labute approximate surface area is 139 Å². The van der Waals surface area contributed by atoms with Crippen molar-refractivity contribution >= 4 is 11.7 Å². The van der Waals surface area contributed by atoms with E-state index in [4.69, 9.17) is 0 Å². The number of rotatable bonds is 4. The molecule has 2 amide bonds. The molecule has 2 aromatic carbocycles. The molecular weight excluding hydrogens is 284 g/mol. The number of nitrogens with one attached hydrogen (secondary N) is 2. The van der Waals surface area contributed by atoms with E-state index in [0.717, 1.165) is 16.8 Å². The van der Waals surface area contributed by atoms with Crippen LogP contribution < -0.4 is 10.6 Å². The lowest BCUT2D eigenvalue weighted by Gasteiger charge is -2.26. The van der Waals surface area contributed by atoms with Crippen LogP contribution in [0, 0.1) is 20.8 Å². The summed E-state index contributed by atoms with van der Waals surface area (Å²) < 4.78 is 0. The number of aryl methyl sites for hydroxylation is 3. The van der Waals surface area contributed by atoms with Crippen molar-refractivity contribution < 1.29 is 4.79 Å². The molecule has 0 atom stereocenters. The number of benzene rings is 2. The Hall–Kier alpha value is -2.29. The van der Waals surface area contributed by atoms with E-state index in [9.17, 15) is 4.79 Å². The van der Waals surface area contributed by atoms with E-state index in [1.165, 1.54) is 11.1 Å². The van der Waals surface area contributed by atoms with Gasteiger partial charge in [0.05, 0.1) is 0 Å². The molecule has 0 unspecified atom stereocenters. The summed E-state index contributed by atoms with van der Waals surface area (Å²) in [7, 11) is 0. The number of anilines is 1. The summed E-state index contributed by atoms with van der Waals surface area (Å²) in [5.41, 5.74) is 5.39. The molecule has 0 bridgehead atoms. The first kappa shape index (κ1) is 17.1. The first-order valence-corrected chi connectivity index (χ1v) is 7.97. The lowest BCUT2D eigenvalue weighted by atomic mass is 9.84. The van der Waals surface area contributed by atoms with E-state index in [1.807, 2.05) is 32.0 Å². The van der Waals surface area contributed by atoms with Gasteiger partial charge in [0.1, 0.15) is 0 Å². The van der Waals surface area contributed by atoms with Crippen LogP contribution in [0.4, 0.5) is 10.5 Å². The molecule has 3 nitrogen and oxygen atoms in total. The molecule has 0 aliphatic rings. The van der Waals surface area contributed by atoms with E-state index in [-0.39, 0.29) is 11.4 Å². The Kier molecular flexibility index (Phi) is 5.09. The van der Waals surface area contributed by atoms with Gasteiger partial charge in [-0.3, -0.25) is 0 Å². The number of hydrogen-bond donors (Lipinski definition) is 2. The predicted molar refractivity (Wildman–Crippen MR) is 97.1 cm³/mol. The highest BCUT2D eigenvalue weighted by Gasteiger charge is 2.21. The molecule has 0 aromatic heterocycles. The number of urea groups is 1. The second kappa shape index (κ2) is 6.86. The van der Waals surface area contributed by atoms with Crippen LogP contribution in [0.1, 0.15) is 36.1 Å². The molecule has 2 N–H and O–H groups in total. The fourth-order valence-corrected chi connectivity index (χ4v) is 2.45. The maximum Gasteiger partial charge on any atom is 0.319 e. The molecular formula is C20H26N2O. The minimum Gasteiger partial charge on any atom is -0.337 e. The Bertz CT molecular complexity index is 687. The summed E-state index contributed by atoms with van der Waals surface area (Å²) in [5.74, 6) is 0. The van der Waals surface area contributed by atoms with Gasteiger partial charge in [0.15, 0.2) is 0 Å². The third kappa shape index (κ3) is 4.59. The first-order valence-electron chi connectivity index (χ1n) is 7.97. The van der Waals surface area contributed by atoms with Crippen molar-refractivity contribution in [1.82, 2.24) is 5.32 Å². The van der Waals surface area contributed by atoms with Crippen molar-refractivity contribution in [2.75, 3.05) is 11.9 Å². The van der Waals surface area contributed by atoms with Crippen LogP contribution in [0.25, 0.3) is 0 Å². The lowest BCUT2D eigenvalue weighted by Crippen LogP contribution is -2.39. The van der Waals surface area contributed by atoms with Crippen LogP contribution in [-0.2, 0) is 5.41 Å². The van der Waals surface area contributed by atoms with Crippen LogP contribution in [0.5, 0.6) is 0 Å². The normalized spacial score (nSPS) is 11.2. The van der Waals surface area contributed by atoms with Crippen LogP contribution in [0.3, 0.4) is 0 Å². The highest BCUT2D eigenvalue weighted by molar-refractivity contribution is 5.90. The second-order valence-electron chi connectivity index (χ2n) is 6.88. The molecule has 23 heavy (non-hydrogen) atoms. The van der Waals surface area contributed by atoms with Gasteiger partial charge < -0.3 is 10.6 Å². The largest absolute Gasteiger partial charge is 0.337 e. The van der Waals surface area contributed by atoms with Gasteiger partial charge in [-0.05, 0) is 43.5 Å². The summed E-state index contributed by atoms with van der Waals surface area (Å²) >= 11 is 0. The number of amides is 2. The van der Waals surface area contributed by atoms with Crippen LogP contribution in [-0.4, -0.2) is 12.6 Å². The van der Waals surface area contributed by atoms with E-state index in [2.05, 4.69) is 55.7 Å². The van der Waals surface area contributed by atoms with Crippen molar-refractivity contribution in [2.45, 2.75) is 40.0 Å². The molecule has 0 aliphatic heterocycles. The summed E-state index contributed by atoms with van der Waals surface area (Å²) in [6.07, 6.45) is 0. The Morgan fingerprint density at radius 3 is 2.22 bits per heavy atom. The first-order chi connectivity index (χ1) is 10.8. The van der Waals surface area contributed by atoms with Gasteiger partial charge in [0.2, 0.25) is 0 Å². The molecule has 0 aliphatic carbocycles. The molecule has 0 saturated carbocycles. The monoisotopic (exact) mass is 310 g/mol. The topological polar surface area (TPSA) is 41.1 Å². The zero-order valence-corrected chi connectivity index (χ0v) is 14.7. The van der Waals surface area contributed by atoms with Crippen molar-refractivity contribution in [3.8, 4) is 0 Å². The lowest BCUT2D eigenvalue weighted by molar-refractivity contribution is 0.249. The van der Waals surface area contributed by atoms with E-state index < -0.39 is 0 Å². The molecule has 0 saturated heterocycles. The molecule has 0 heterocycles. The number of carbonyl (C=O) groups excluding carboxylic acids is 1. The van der Waals surface area contributed by atoms with E-state index in [0.29, 0.717) is 6.54 Å². The second-order valence-corrected chi connectivity index (χ2v) is 6.88. The predicted octanol–water partition coefficient (Wildman–Crippen LogP) is 4.71. The molecule has 0 fully saturated rings. The zero-order valence-electron chi connectivity index (χ0n) is 14.7. The van der Waals surface area contributed by atoms with Crippen LogP contribution >= 0.6 is 0 Å². The summed E-state index contributed by atoms with van der Waals surface area (Å²) in [5, 5.41) is 5.92. The van der Waals surface area contributed by atoms with Gasteiger partial charge in [0.25, 0.3) is 0 Å². The number of carbonyl (C=O) groups is 1. The van der Waals surface area contributed by atoms with Crippen molar-refractivity contribution in [2.24, 2.45) is 0 Å². The van der Waals surface area contributed by atoms with Crippen molar-refractivity contribution in [3.05, 3.63) is 64.7 Å². The number of hydrogen-bond acceptors (Lipinski definition) is 1. The van der Waals surface area contributed by atoms with Gasteiger partial charge in [-0.15, -0.1) is 0 Å². The molecule has 0 radical (unpaired) electrons. The zero-order chi connectivity index (χ0) is 17.0. The van der Waals surface area contributed by atoms with Gasteiger partial charge in [-0.25, -0.2) is 4.79 Å². The highest BCUT2D eigenvalue weighted by Crippen LogP contribution is 2.23. The van der Waals surface area contributed by atoms with Crippen LogP contribution in [0.15, 0.2) is 42.5 Å². The fraction of sp³-hybridized carbons (Fsp3) is 0.350. The average Bonchev–Trinajstić information content (AvgIpc) is 2.49. The van der Waals surface area contributed by atoms with Crippen molar-refractivity contribution in [3.63, 3.8) is 0 Å². The molecule has 0 spiro atoms. The summed E-state index contributed by atoms with van der Waals surface area (Å²) in [4.78, 5) is 12.2. The van der Waals surface area contributed by atoms with Gasteiger partial charge in [0, 0.05) is 17.6 Å². The quantitative estimate of drug-likeness (QED) is 0.843. The maximum atomic E-state index is 12.2. The highest BCUT2D eigenvalue weighted by atomic mass is 16.2. The van der Waals surface area contributed by atoms with Crippen LogP contribution in [0.2, 0.25) is 0 Å². The minimum atomic E-state index is -0.168. The SMILES string of the molecule is Cc1ccc(C(C)(C)CNC(=O)Nc2cc(C)ccc2C)cc1. The Morgan fingerprint density at radius 2 is 1.57 bits per heavy atom. The summed E-state index contributed by atoms with van der Waals surface area (Å²) in [6.45, 7) is 10.9. The smallest absolute Gasteiger partial charge is 0.319 e. The van der Waals surface area contributed by atoms with E-state index >= 15 is 0 Å². The maximum absolute atomic E-state index is 12.2. The molecule has 2 aromatic rings. The molecule has 2 rings (SSSR count). The van der Waals surface area contributed by atoms with Crippen molar-refractivity contribution in [1.29, 1.82) is 0 Å². The Morgan fingerprint density at radius 1 is 0.957 bits per heavy atom. The third-order valence-corrected chi connectivity index (χ3v) is 4.17. The standard InChI is InChI=1S/C20H26N2O/c1-14-7-10-17(11-8-14)20(4,5)13-21-19(23)22-18-12-15(2)6-9-16(18)3/h6-12H,13H2,1-5H3,(H2,21,22,23). The average molecular weight is 310 g/mol. The molecule has 3 heteroatoms. The summed E-state index contributed by atoms with van der Waals surface area (Å²) in [6, 6.07) is 14.3. The van der Waals surface area contributed by atoms with Gasteiger partial charge in [-0.1, -0.05) is 55.8 Å². The van der Waals surface area contributed by atoms with Gasteiger partial charge in [-0.2, -0.15) is 0 Å². The third-order valence-electron chi connectivity index (χ3n) is 4.17. The van der Waals surface area contributed by atoms with E-state index in [1.54, 1.807) is 0 Å².